The van der Waals surface area contributed by atoms with Crippen molar-refractivity contribution in [1.29, 1.82) is 0 Å². The number of hydrogen-bond donors (Lipinski definition) is 2. The maximum atomic E-state index is 12.1. The minimum Gasteiger partial charge on any atom is -0.445 e. The highest BCUT2D eigenvalue weighted by molar-refractivity contribution is 7.98. The summed E-state index contributed by atoms with van der Waals surface area (Å²) in [6.45, 7) is 1.92. The fourth-order valence-electron chi connectivity index (χ4n) is 2.00. The number of rotatable bonds is 6. The molecule has 1 amide bonds. The van der Waals surface area contributed by atoms with Crippen LogP contribution in [-0.2, 0) is 6.42 Å². The van der Waals surface area contributed by atoms with Crippen LogP contribution in [0.2, 0.25) is 0 Å². The summed E-state index contributed by atoms with van der Waals surface area (Å²) in [5.74, 6) is -0.0723. The number of aryl methyl sites for hydroxylation is 1. The van der Waals surface area contributed by atoms with Gasteiger partial charge in [0.2, 0.25) is 0 Å². The average molecular weight is 305 g/mol. The zero-order valence-corrected chi connectivity index (χ0v) is 12.9. The number of benzene rings is 1. The second-order valence-electron chi connectivity index (χ2n) is 4.63. The molecule has 21 heavy (non-hydrogen) atoms. The van der Waals surface area contributed by atoms with Crippen LogP contribution < -0.4 is 5.32 Å². The van der Waals surface area contributed by atoms with E-state index in [-0.39, 0.29) is 18.3 Å². The molecule has 2 aromatic rings. The number of carbonyl (C=O) groups excluding carboxylic acids is 1. The van der Waals surface area contributed by atoms with Gasteiger partial charge in [0.25, 0.3) is 5.91 Å². The Balaban J connectivity index is 2.08. The van der Waals surface area contributed by atoms with E-state index in [0.29, 0.717) is 5.09 Å². The van der Waals surface area contributed by atoms with E-state index in [0.717, 1.165) is 12.0 Å². The van der Waals surface area contributed by atoms with Gasteiger partial charge in [-0.1, -0.05) is 43.0 Å². The Morgan fingerprint density at radius 1 is 1.29 bits per heavy atom. The van der Waals surface area contributed by atoms with Crippen LogP contribution in [0.25, 0.3) is 0 Å². The summed E-state index contributed by atoms with van der Waals surface area (Å²) < 4.78 is 5.38. The molecule has 0 saturated carbocycles. The van der Waals surface area contributed by atoms with Gasteiger partial charge in [-0.2, -0.15) is 0 Å². The predicted octanol–water partition coefficient (Wildman–Crippen LogP) is 3.03. The minimum atomic E-state index is -0.439. The van der Waals surface area contributed by atoms with Crippen molar-refractivity contribution in [2.45, 2.75) is 24.5 Å². The monoisotopic (exact) mass is 305 g/mol. The maximum Gasteiger partial charge on any atom is 0.287 e. The van der Waals surface area contributed by atoms with E-state index >= 15 is 0 Å². The fourth-order valence-corrected chi connectivity index (χ4v) is 2.38. The first kappa shape index (κ1) is 15.7. The number of carbonyl (C=O) groups is 1. The number of hydrogen-bond acceptors (Lipinski definition) is 4. The van der Waals surface area contributed by atoms with Crippen molar-refractivity contribution in [2.24, 2.45) is 0 Å². The molecule has 0 aliphatic heterocycles. The summed E-state index contributed by atoms with van der Waals surface area (Å²) >= 11 is 1.44. The molecule has 1 aromatic carbocycles. The molecule has 112 valence electrons. The van der Waals surface area contributed by atoms with Crippen LogP contribution in [0.15, 0.2) is 45.9 Å². The summed E-state index contributed by atoms with van der Waals surface area (Å²) in [5, 5.41) is 13.0. The smallest absolute Gasteiger partial charge is 0.287 e. The summed E-state index contributed by atoms with van der Waals surface area (Å²) in [6.07, 6.45) is 2.84. The summed E-state index contributed by atoms with van der Waals surface area (Å²) in [4.78, 5) is 12.1. The number of amides is 1. The molecule has 0 spiro atoms. The molecule has 2 rings (SSSR count). The van der Waals surface area contributed by atoms with Crippen LogP contribution in [-0.4, -0.2) is 23.9 Å². The minimum absolute atomic E-state index is 0.159. The standard InChI is InChI=1S/C16H19NO3S/c1-3-11-4-6-12(7-5-11)13(10-18)17-16(19)14-8-9-15(20-14)21-2/h4-9,13,18H,3,10H2,1-2H3,(H,17,19). The van der Waals surface area contributed by atoms with E-state index in [2.05, 4.69) is 12.2 Å². The number of furan rings is 1. The molecule has 4 nitrogen and oxygen atoms in total. The fraction of sp³-hybridized carbons (Fsp3) is 0.312. The van der Waals surface area contributed by atoms with E-state index in [9.17, 15) is 9.90 Å². The van der Waals surface area contributed by atoms with Crippen LogP contribution in [0.4, 0.5) is 0 Å². The Hall–Kier alpha value is -1.72. The van der Waals surface area contributed by atoms with Gasteiger partial charge < -0.3 is 14.8 Å². The first-order valence-electron chi connectivity index (χ1n) is 6.82. The third-order valence-corrected chi connectivity index (χ3v) is 3.91. The lowest BCUT2D eigenvalue weighted by atomic mass is 10.0. The molecule has 0 fully saturated rings. The molecular weight excluding hydrogens is 286 g/mol. The Morgan fingerprint density at radius 3 is 2.52 bits per heavy atom. The Labute approximate surface area is 128 Å². The zero-order chi connectivity index (χ0) is 15.2. The van der Waals surface area contributed by atoms with Crippen LogP contribution in [0.3, 0.4) is 0 Å². The van der Waals surface area contributed by atoms with Crippen molar-refractivity contribution in [1.82, 2.24) is 5.32 Å². The molecule has 0 aliphatic carbocycles. The zero-order valence-electron chi connectivity index (χ0n) is 12.1. The van der Waals surface area contributed by atoms with Gasteiger partial charge in [-0.15, -0.1) is 0 Å². The van der Waals surface area contributed by atoms with E-state index < -0.39 is 6.04 Å². The summed E-state index contributed by atoms with van der Waals surface area (Å²) in [6, 6.07) is 10.8. The maximum absolute atomic E-state index is 12.1. The highest BCUT2D eigenvalue weighted by Crippen LogP contribution is 2.19. The lowest BCUT2D eigenvalue weighted by Gasteiger charge is -2.16. The molecule has 0 radical (unpaired) electrons. The molecular formula is C16H19NO3S. The SMILES string of the molecule is CCc1ccc(C(CO)NC(=O)c2ccc(SC)o2)cc1. The number of nitrogens with one attached hydrogen (secondary N) is 1. The highest BCUT2D eigenvalue weighted by Gasteiger charge is 2.17. The Kier molecular flexibility index (Phi) is 5.47. The molecule has 1 unspecified atom stereocenters. The van der Waals surface area contributed by atoms with E-state index in [4.69, 9.17) is 4.42 Å². The van der Waals surface area contributed by atoms with Crippen LogP contribution in [0.1, 0.15) is 34.6 Å². The van der Waals surface area contributed by atoms with Crippen LogP contribution >= 0.6 is 11.8 Å². The first-order chi connectivity index (χ1) is 10.2. The highest BCUT2D eigenvalue weighted by atomic mass is 32.2. The lowest BCUT2D eigenvalue weighted by molar-refractivity contribution is 0.0883. The second-order valence-corrected chi connectivity index (χ2v) is 5.44. The van der Waals surface area contributed by atoms with Gasteiger partial charge in [0.15, 0.2) is 10.9 Å². The Bertz CT molecular complexity index is 592. The van der Waals surface area contributed by atoms with Gasteiger partial charge in [-0.3, -0.25) is 4.79 Å². The van der Waals surface area contributed by atoms with Crippen LogP contribution in [0, 0.1) is 0 Å². The van der Waals surface area contributed by atoms with Crippen molar-refractivity contribution in [3.8, 4) is 0 Å². The quantitative estimate of drug-likeness (QED) is 0.805. The van der Waals surface area contributed by atoms with Gasteiger partial charge in [0, 0.05) is 0 Å². The lowest BCUT2D eigenvalue weighted by Crippen LogP contribution is -2.30. The predicted molar refractivity (Wildman–Crippen MR) is 83.6 cm³/mol. The third-order valence-electron chi connectivity index (χ3n) is 3.28. The molecule has 0 aliphatic rings. The molecule has 0 bridgehead atoms. The number of thioether (sulfide) groups is 1. The van der Waals surface area contributed by atoms with Gasteiger partial charge in [0.05, 0.1) is 12.6 Å². The van der Waals surface area contributed by atoms with Crippen molar-refractivity contribution < 1.29 is 14.3 Å². The number of aliphatic hydroxyl groups is 1. The van der Waals surface area contributed by atoms with Gasteiger partial charge in [-0.05, 0) is 35.9 Å². The summed E-state index contributed by atoms with van der Waals surface area (Å²) in [7, 11) is 0. The van der Waals surface area contributed by atoms with E-state index in [1.165, 1.54) is 17.3 Å². The van der Waals surface area contributed by atoms with Gasteiger partial charge >= 0.3 is 0 Å². The van der Waals surface area contributed by atoms with Gasteiger partial charge in [0.1, 0.15) is 0 Å². The largest absolute Gasteiger partial charge is 0.445 e. The topological polar surface area (TPSA) is 62.5 Å². The molecule has 1 heterocycles. The van der Waals surface area contributed by atoms with Crippen molar-refractivity contribution in [3.05, 3.63) is 53.3 Å². The number of aliphatic hydroxyl groups excluding tert-OH is 1. The first-order valence-corrected chi connectivity index (χ1v) is 8.04. The van der Waals surface area contributed by atoms with Crippen molar-refractivity contribution in [3.63, 3.8) is 0 Å². The molecule has 2 N–H and O–H groups in total. The molecule has 0 saturated heterocycles. The van der Waals surface area contributed by atoms with Crippen molar-refractivity contribution in [2.75, 3.05) is 12.9 Å². The van der Waals surface area contributed by atoms with E-state index in [1.54, 1.807) is 12.1 Å². The van der Waals surface area contributed by atoms with E-state index in [1.807, 2.05) is 30.5 Å². The molecule has 5 heteroatoms. The Morgan fingerprint density at radius 2 is 2.00 bits per heavy atom. The summed E-state index contributed by atoms with van der Waals surface area (Å²) in [5.41, 5.74) is 2.09. The third kappa shape index (κ3) is 3.89. The second kappa shape index (κ2) is 7.33. The van der Waals surface area contributed by atoms with Crippen LogP contribution in [0.5, 0.6) is 0 Å². The van der Waals surface area contributed by atoms with Crippen molar-refractivity contribution >= 4 is 17.7 Å². The average Bonchev–Trinajstić information content (AvgIpc) is 3.01. The molecule has 1 aromatic heterocycles. The normalized spacial score (nSPS) is 12.1. The van der Waals surface area contributed by atoms with Gasteiger partial charge in [-0.25, -0.2) is 0 Å². The molecule has 1 atom stereocenters.